The number of pyridine rings is 1. The summed E-state index contributed by atoms with van der Waals surface area (Å²) in [5.74, 6) is 0.759. The fraction of sp³-hybridized carbons (Fsp3) is 0.625. The number of carbonyl (C=O) groups is 1. The molecular weight excluding hydrogens is 266 g/mol. The van der Waals surface area contributed by atoms with Gasteiger partial charge in [-0.15, -0.1) is 0 Å². The van der Waals surface area contributed by atoms with E-state index in [1.807, 2.05) is 20.8 Å². The molecule has 1 unspecified atom stereocenters. The van der Waals surface area contributed by atoms with Crippen molar-refractivity contribution >= 4 is 5.91 Å². The average Bonchev–Trinajstić information content (AvgIpc) is 2.41. The van der Waals surface area contributed by atoms with Gasteiger partial charge in [0.2, 0.25) is 5.91 Å². The molecule has 0 aromatic carbocycles. The summed E-state index contributed by atoms with van der Waals surface area (Å²) < 4.78 is 5.40. The van der Waals surface area contributed by atoms with E-state index in [-0.39, 0.29) is 5.91 Å². The van der Waals surface area contributed by atoms with Gasteiger partial charge in [-0.2, -0.15) is 0 Å². The Bertz CT molecular complexity index is 512. The third-order valence-electron chi connectivity index (χ3n) is 3.74. The number of amides is 1. The molecule has 0 aliphatic carbocycles. The molecule has 0 saturated carbocycles. The van der Waals surface area contributed by atoms with E-state index >= 15 is 0 Å². The van der Waals surface area contributed by atoms with Crippen LogP contribution in [0.3, 0.4) is 0 Å². The van der Waals surface area contributed by atoms with Crippen molar-refractivity contribution in [1.29, 1.82) is 0 Å². The van der Waals surface area contributed by atoms with Crippen molar-refractivity contribution < 1.29 is 9.53 Å². The highest BCUT2D eigenvalue weighted by atomic mass is 16.5. The topological polar surface area (TPSA) is 68.5 Å². The highest BCUT2D eigenvalue weighted by molar-refractivity contribution is 5.85. The van der Waals surface area contributed by atoms with E-state index < -0.39 is 5.54 Å². The molecule has 1 amide bonds. The van der Waals surface area contributed by atoms with Gasteiger partial charge in [0.05, 0.1) is 24.9 Å². The van der Waals surface area contributed by atoms with Gasteiger partial charge in [-0.1, -0.05) is 13.3 Å². The van der Waals surface area contributed by atoms with Crippen molar-refractivity contribution in [3.8, 4) is 5.75 Å². The second kappa shape index (κ2) is 6.89. The zero-order valence-corrected chi connectivity index (χ0v) is 14.0. The smallest absolute Gasteiger partial charge is 0.242 e. The lowest BCUT2D eigenvalue weighted by Gasteiger charge is -2.29. The Morgan fingerprint density at radius 3 is 2.62 bits per heavy atom. The van der Waals surface area contributed by atoms with Crippen LogP contribution in [0.4, 0.5) is 0 Å². The van der Waals surface area contributed by atoms with E-state index in [9.17, 15) is 4.79 Å². The van der Waals surface area contributed by atoms with Gasteiger partial charge in [-0.05, 0) is 27.2 Å². The molecule has 1 aromatic rings. The lowest BCUT2D eigenvalue weighted by Crippen LogP contribution is -2.51. The van der Waals surface area contributed by atoms with E-state index in [0.29, 0.717) is 13.0 Å². The summed E-state index contributed by atoms with van der Waals surface area (Å²) >= 11 is 0. The van der Waals surface area contributed by atoms with Crippen LogP contribution in [0.2, 0.25) is 0 Å². The van der Waals surface area contributed by atoms with Gasteiger partial charge in [-0.25, -0.2) is 0 Å². The third kappa shape index (κ3) is 3.94. The Kier molecular flexibility index (Phi) is 5.72. The number of likely N-dealkylation sites (N-methyl/N-ethyl adjacent to an activating group) is 1. The molecule has 0 fully saturated rings. The zero-order valence-electron chi connectivity index (χ0n) is 14.0. The Balaban J connectivity index is 2.94. The van der Waals surface area contributed by atoms with Crippen molar-refractivity contribution in [1.82, 2.24) is 9.88 Å². The van der Waals surface area contributed by atoms with Crippen LogP contribution in [0, 0.1) is 13.8 Å². The maximum absolute atomic E-state index is 12.4. The minimum Gasteiger partial charge on any atom is -0.496 e. The van der Waals surface area contributed by atoms with E-state index in [1.165, 1.54) is 0 Å². The minimum atomic E-state index is -0.827. The van der Waals surface area contributed by atoms with Crippen LogP contribution in [0.25, 0.3) is 0 Å². The summed E-state index contributed by atoms with van der Waals surface area (Å²) in [6.07, 6.45) is 3.31. The Hall–Kier alpha value is -1.62. The molecule has 0 bridgehead atoms. The van der Waals surface area contributed by atoms with Crippen molar-refractivity contribution in [3.63, 3.8) is 0 Å². The standard InChI is InChI=1S/C16H27N3O2/c1-7-8-16(4,17)15(20)19(5)10-13-12(3)14(21-6)11(2)9-18-13/h9H,7-8,10,17H2,1-6H3. The zero-order chi connectivity index (χ0) is 16.2. The predicted molar refractivity (Wildman–Crippen MR) is 84.2 cm³/mol. The second-order valence-electron chi connectivity index (χ2n) is 5.87. The monoisotopic (exact) mass is 293 g/mol. The van der Waals surface area contributed by atoms with Crippen LogP contribution in [0.5, 0.6) is 5.75 Å². The quantitative estimate of drug-likeness (QED) is 0.873. The maximum Gasteiger partial charge on any atom is 0.242 e. The first-order valence-electron chi connectivity index (χ1n) is 7.28. The second-order valence-corrected chi connectivity index (χ2v) is 5.87. The third-order valence-corrected chi connectivity index (χ3v) is 3.74. The molecule has 0 aliphatic rings. The van der Waals surface area contributed by atoms with E-state index in [4.69, 9.17) is 10.5 Å². The number of methoxy groups -OCH3 is 1. The first kappa shape index (κ1) is 17.4. The SMILES string of the molecule is CCCC(C)(N)C(=O)N(C)Cc1ncc(C)c(OC)c1C. The van der Waals surface area contributed by atoms with Gasteiger partial charge in [0.25, 0.3) is 0 Å². The summed E-state index contributed by atoms with van der Waals surface area (Å²) in [4.78, 5) is 18.5. The molecule has 0 saturated heterocycles. The number of nitrogens with two attached hydrogens (primary N) is 1. The molecule has 0 spiro atoms. The first-order valence-corrected chi connectivity index (χ1v) is 7.28. The van der Waals surface area contributed by atoms with Gasteiger partial charge in [0.1, 0.15) is 5.75 Å². The molecule has 0 aliphatic heterocycles. The fourth-order valence-electron chi connectivity index (χ4n) is 2.59. The van der Waals surface area contributed by atoms with Crippen LogP contribution < -0.4 is 10.5 Å². The summed E-state index contributed by atoms with van der Waals surface area (Å²) in [6, 6.07) is 0. The van der Waals surface area contributed by atoms with Crippen molar-refractivity contribution in [2.45, 2.75) is 52.6 Å². The Morgan fingerprint density at radius 1 is 1.48 bits per heavy atom. The molecule has 5 nitrogen and oxygen atoms in total. The number of aryl methyl sites for hydroxylation is 1. The molecule has 1 atom stereocenters. The number of hydrogen-bond donors (Lipinski definition) is 1. The van der Waals surface area contributed by atoms with Crippen LogP contribution >= 0.6 is 0 Å². The summed E-state index contributed by atoms with van der Waals surface area (Å²) in [5.41, 5.74) is 8.07. The van der Waals surface area contributed by atoms with Crippen LogP contribution in [0.1, 0.15) is 43.5 Å². The summed E-state index contributed by atoms with van der Waals surface area (Å²) in [6.45, 7) is 8.15. The first-order chi connectivity index (χ1) is 9.74. The number of hydrogen-bond acceptors (Lipinski definition) is 4. The van der Waals surface area contributed by atoms with Crippen LogP contribution in [0.15, 0.2) is 6.20 Å². The molecule has 2 N–H and O–H groups in total. The Morgan fingerprint density at radius 2 is 2.10 bits per heavy atom. The number of ether oxygens (including phenoxy) is 1. The van der Waals surface area contributed by atoms with Crippen molar-refractivity contribution in [3.05, 3.63) is 23.0 Å². The fourth-order valence-corrected chi connectivity index (χ4v) is 2.59. The van der Waals surface area contributed by atoms with E-state index in [0.717, 1.165) is 29.0 Å². The van der Waals surface area contributed by atoms with Gasteiger partial charge in [0, 0.05) is 24.4 Å². The molecule has 1 aromatic heterocycles. The number of aromatic nitrogens is 1. The Labute approximate surface area is 127 Å². The molecule has 118 valence electrons. The largest absolute Gasteiger partial charge is 0.496 e. The molecule has 1 rings (SSSR count). The lowest BCUT2D eigenvalue weighted by atomic mass is 9.96. The minimum absolute atomic E-state index is 0.0647. The maximum atomic E-state index is 12.4. The molecule has 1 heterocycles. The van der Waals surface area contributed by atoms with Crippen molar-refractivity contribution in [2.75, 3.05) is 14.2 Å². The molecule has 0 radical (unpaired) electrons. The van der Waals surface area contributed by atoms with Crippen LogP contribution in [-0.4, -0.2) is 35.5 Å². The van der Waals surface area contributed by atoms with Gasteiger partial charge < -0.3 is 15.4 Å². The highest BCUT2D eigenvalue weighted by Gasteiger charge is 2.30. The van der Waals surface area contributed by atoms with Gasteiger partial charge in [-0.3, -0.25) is 9.78 Å². The summed E-state index contributed by atoms with van der Waals surface area (Å²) in [5, 5.41) is 0. The van der Waals surface area contributed by atoms with Crippen molar-refractivity contribution in [2.24, 2.45) is 5.73 Å². The van der Waals surface area contributed by atoms with Crippen LogP contribution in [-0.2, 0) is 11.3 Å². The number of rotatable bonds is 6. The number of nitrogens with zero attached hydrogens (tertiary/aromatic N) is 2. The average molecular weight is 293 g/mol. The van der Waals surface area contributed by atoms with Gasteiger partial charge in [0.15, 0.2) is 0 Å². The number of carbonyl (C=O) groups excluding carboxylic acids is 1. The molecule has 21 heavy (non-hydrogen) atoms. The highest BCUT2D eigenvalue weighted by Crippen LogP contribution is 2.25. The molecule has 5 heteroatoms. The summed E-state index contributed by atoms with van der Waals surface area (Å²) in [7, 11) is 3.41. The normalized spacial score (nSPS) is 13.7. The lowest BCUT2D eigenvalue weighted by molar-refractivity contribution is -0.135. The van der Waals surface area contributed by atoms with Gasteiger partial charge >= 0.3 is 0 Å². The molecular formula is C16H27N3O2. The van der Waals surface area contributed by atoms with E-state index in [2.05, 4.69) is 4.98 Å². The van der Waals surface area contributed by atoms with E-state index in [1.54, 1.807) is 32.2 Å². The predicted octanol–water partition coefficient (Wildman–Crippen LogP) is 2.18.